The van der Waals surface area contributed by atoms with E-state index in [0.29, 0.717) is 18.3 Å². The quantitative estimate of drug-likeness (QED) is 0.381. The summed E-state index contributed by atoms with van der Waals surface area (Å²) in [5, 5.41) is 12.5. The molecule has 0 radical (unpaired) electrons. The Morgan fingerprint density at radius 2 is 1.67 bits per heavy atom. The van der Waals surface area contributed by atoms with Crippen LogP contribution in [0.2, 0.25) is 0 Å². The van der Waals surface area contributed by atoms with Gasteiger partial charge in [-0.1, -0.05) is 30.3 Å². The largest absolute Gasteiger partial charge is 0.291 e. The van der Waals surface area contributed by atoms with E-state index in [9.17, 15) is 14.4 Å². The third kappa shape index (κ3) is 3.24. The van der Waals surface area contributed by atoms with Gasteiger partial charge in [0.1, 0.15) is 12.1 Å². The van der Waals surface area contributed by atoms with Crippen molar-refractivity contribution < 1.29 is 19.6 Å². The van der Waals surface area contributed by atoms with Crippen LogP contribution in [0.5, 0.6) is 0 Å². The number of rotatable bonds is 4. The first-order valence-corrected chi connectivity index (χ1v) is 10.6. The number of carbonyl (C=O) groups excluding carboxylic acids is 3. The predicted octanol–water partition coefficient (Wildman–Crippen LogP) is 1.68. The zero-order valence-electron chi connectivity index (χ0n) is 16.8. The summed E-state index contributed by atoms with van der Waals surface area (Å²) in [6.45, 7) is -0.435. The number of hydrogen-bond acceptors (Lipinski definition) is 5. The van der Waals surface area contributed by atoms with Gasteiger partial charge < -0.3 is 0 Å². The lowest BCUT2D eigenvalue weighted by atomic mass is 9.47. The molecular weight excluding hydrogens is 406 g/mol. The molecule has 0 aromatic heterocycles. The fraction of sp³-hybridized carbons (Fsp3) is 0.591. The number of imide groups is 1. The van der Waals surface area contributed by atoms with Gasteiger partial charge in [0.15, 0.2) is 0 Å². The van der Waals surface area contributed by atoms with Gasteiger partial charge in [-0.2, -0.15) is 0 Å². The molecule has 30 heavy (non-hydrogen) atoms. The number of piperazine rings is 1. The fourth-order valence-electron chi connectivity index (χ4n) is 6.75. The highest BCUT2D eigenvalue weighted by molar-refractivity contribution is 6.07. The topological polar surface area (TPSA) is 98.7 Å². The van der Waals surface area contributed by atoms with E-state index in [2.05, 4.69) is 5.32 Å². The van der Waals surface area contributed by atoms with E-state index in [0.717, 1.165) is 36.1 Å². The number of amides is 3. The van der Waals surface area contributed by atoms with Crippen LogP contribution in [-0.4, -0.2) is 46.0 Å². The molecule has 7 nitrogen and oxygen atoms in total. The van der Waals surface area contributed by atoms with Crippen molar-refractivity contribution in [3.8, 4) is 0 Å². The highest BCUT2D eigenvalue weighted by atomic mass is 35.5. The molecule has 4 saturated carbocycles. The summed E-state index contributed by atoms with van der Waals surface area (Å²) in [4.78, 5) is 39.9. The molecule has 1 aromatic carbocycles. The van der Waals surface area contributed by atoms with Gasteiger partial charge in [-0.05, 0) is 67.8 Å². The van der Waals surface area contributed by atoms with Gasteiger partial charge in [-0.3, -0.25) is 29.8 Å². The van der Waals surface area contributed by atoms with Gasteiger partial charge >= 0.3 is 0 Å². The van der Waals surface area contributed by atoms with Crippen molar-refractivity contribution >= 4 is 30.1 Å². The Morgan fingerprint density at radius 1 is 1.07 bits per heavy atom. The minimum atomic E-state index is -0.767. The maximum absolute atomic E-state index is 13.7. The molecule has 4 aliphatic carbocycles. The molecule has 1 spiro atoms. The Labute approximate surface area is 181 Å². The maximum atomic E-state index is 13.7. The lowest BCUT2D eigenvalue weighted by Crippen LogP contribution is -2.79. The maximum Gasteiger partial charge on any atom is 0.263 e. The van der Waals surface area contributed by atoms with Crippen LogP contribution < -0.4 is 10.8 Å². The van der Waals surface area contributed by atoms with Crippen molar-refractivity contribution in [3.63, 3.8) is 0 Å². The zero-order valence-corrected chi connectivity index (χ0v) is 17.6. The van der Waals surface area contributed by atoms with Crippen molar-refractivity contribution in [2.24, 2.45) is 23.7 Å². The van der Waals surface area contributed by atoms with Crippen LogP contribution in [0.25, 0.3) is 0 Å². The molecule has 1 saturated heterocycles. The molecule has 5 fully saturated rings. The van der Waals surface area contributed by atoms with Crippen molar-refractivity contribution in [2.75, 3.05) is 6.54 Å². The van der Waals surface area contributed by atoms with Crippen LogP contribution in [0.4, 0.5) is 0 Å². The smallest absolute Gasteiger partial charge is 0.263 e. The molecule has 1 atom stereocenters. The first kappa shape index (κ1) is 21.3. The summed E-state index contributed by atoms with van der Waals surface area (Å²) < 4.78 is 0. The normalized spacial score (nSPS) is 36.7. The molecule has 4 bridgehead atoms. The number of carbonyl (C=O) groups is 3. The van der Waals surface area contributed by atoms with Crippen molar-refractivity contribution in [1.29, 1.82) is 0 Å². The second kappa shape index (κ2) is 7.94. The Morgan fingerprint density at radius 3 is 2.23 bits per heavy atom. The van der Waals surface area contributed by atoms with Gasteiger partial charge in [0.05, 0.1) is 6.04 Å². The minimum absolute atomic E-state index is 0. The van der Waals surface area contributed by atoms with E-state index in [1.54, 1.807) is 5.48 Å². The highest BCUT2D eigenvalue weighted by Crippen LogP contribution is 2.59. The Balaban J connectivity index is 0.00000218. The average molecular weight is 434 g/mol. The molecule has 5 aliphatic rings. The first-order chi connectivity index (χ1) is 14.0. The average Bonchev–Trinajstić information content (AvgIpc) is 2.72. The number of halogens is 1. The van der Waals surface area contributed by atoms with E-state index < -0.39 is 24.0 Å². The lowest BCUT2D eigenvalue weighted by molar-refractivity contribution is -0.175. The van der Waals surface area contributed by atoms with Crippen molar-refractivity contribution in [2.45, 2.75) is 50.1 Å². The molecule has 1 aliphatic heterocycles. The number of nitrogens with one attached hydrogen (secondary N) is 2. The number of nitrogens with zero attached hydrogens (tertiary/aromatic N) is 1. The third-order valence-corrected chi connectivity index (χ3v) is 7.71. The van der Waals surface area contributed by atoms with E-state index in [1.807, 2.05) is 30.3 Å². The van der Waals surface area contributed by atoms with Gasteiger partial charge in [0.2, 0.25) is 5.91 Å². The standard InChI is InChI=1S/C22H27N3O4.ClH/c26-19(24-29)12-25-20(27)18(11-13-4-2-1-3-5-13)23-22(21(25)28)16-7-14-6-15(9-16)10-17(22)8-14;/h1-5,14-18,23,29H,6-12H2,(H,24,26);1H/t14?,15?,16?,17?,18-,22?;/m0./s1. The molecule has 8 heteroatoms. The molecule has 1 aromatic rings. The molecule has 0 unspecified atom stereocenters. The van der Waals surface area contributed by atoms with Gasteiger partial charge in [0.25, 0.3) is 11.8 Å². The van der Waals surface area contributed by atoms with Gasteiger partial charge in [0, 0.05) is 0 Å². The summed E-state index contributed by atoms with van der Waals surface area (Å²) in [6, 6.07) is 9.19. The molecule has 3 N–H and O–H groups in total. The second-order valence-corrected chi connectivity index (χ2v) is 9.32. The zero-order chi connectivity index (χ0) is 20.2. The van der Waals surface area contributed by atoms with Crippen molar-refractivity contribution in [3.05, 3.63) is 35.9 Å². The van der Waals surface area contributed by atoms with E-state index in [-0.39, 0.29) is 36.1 Å². The fourth-order valence-corrected chi connectivity index (χ4v) is 6.75. The van der Waals surface area contributed by atoms with Gasteiger partial charge in [-0.25, -0.2) is 5.48 Å². The Bertz CT molecular complexity index is 818. The summed E-state index contributed by atoms with van der Waals surface area (Å²) >= 11 is 0. The minimum Gasteiger partial charge on any atom is -0.291 e. The number of benzene rings is 1. The molecule has 1 heterocycles. The van der Waals surface area contributed by atoms with Crippen LogP contribution in [0.1, 0.15) is 37.7 Å². The van der Waals surface area contributed by atoms with Crippen LogP contribution >= 0.6 is 12.4 Å². The summed E-state index contributed by atoms with van der Waals surface area (Å²) in [5.74, 6) is 0.362. The van der Waals surface area contributed by atoms with Crippen LogP contribution in [0, 0.1) is 23.7 Å². The van der Waals surface area contributed by atoms with E-state index in [1.165, 1.54) is 6.42 Å². The van der Waals surface area contributed by atoms with Crippen LogP contribution in [0.3, 0.4) is 0 Å². The summed E-state index contributed by atoms with van der Waals surface area (Å²) in [5.41, 5.74) is 1.81. The Hall–Kier alpha value is -1.96. The Kier molecular flexibility index (Phi) is 5.64. The second-order valence-electron chi connectivity index (χ2n) is 9.32. The van der Waals surface area contributed by atoms with Crippen molar-refractivity contribution in [1.82, 2.24) is 15.7 Å². The summed E-state index contributed by atoms with van der Waals surface area (Å²) in [6.07, 6.45) is 5.78. The third-order valence-electron chi connectivity index (χ3n) is 7.71. The number of hydrogen-bond donors (Lipinski definition) is 3. The molecule has 162 valence electrons. The number of hydroxylamine groups is 1. The van der Waals surface area contributed by atoms with Crippen LogP contribution in [0.15, 0.2) is 30.3 Å². The van der Waals surface area contributed by atoms with Crippen LogP contribution in [-0.2, 0) is 20.8 Å². The highest BCUT2D eigenvalue weighted by Gasteiger charge is 2.65. The molecular formula is C22H28ClN3O4. The summed E-state index contributed by atoms with van der Waals surface area (Å²) in [7, 11) is 0. The first-order valence-electron chi connectivity index (χ1n) is 10.6. The monoisotopic (exact) mass is 433 g/mol. The predicted molar refractivity (Wildman–Crippen MR) is 111 cm³/mol. The van der Waals surface area contributed by atoms with E-state index in [4.69, 9.17) is 5.21 Å². The molecule has 3 amide bonds. The SMILES string of the molecule is Cl.O=C(CN1C(=O)[C@H](Cc2ccccc2)NC2(C1=O)C1CC3CC(C1)CC2C3)NO. The molecule has 6 rings (SSSR count). The lowest BCUT2D eigenvalue weighted by Gasteiger charge is -2.63. The van der Waals surface area contributed by atoms with Gasteiger partial charge in [-0.15, -0.1) is 12.4 Å². The van der Waals surface area contributed by atoms with E-state index >= 15 is 0 Å².